The number of carbonyl (C=O) groups is 4. The van der Waals surface area contributed by atoms with Crippen molar-refractivity contribution < 1.29 is 80.2 Å². The van der Waals surface area contributed by atoms with Crippen LogP contribution in [-0.4, -0.2) is 96.7 Å². The molecule has 4 unspecified atom stereocenters. The van der Waals surface area contributed by atoms with Gasteiger partial charge in [-0.3, -0.25) is 37.3 Å². The first-order chi connectivity index (χ1) is 45.8. The maximum absolute atomic E-state index is 13.1. The Hall–Kier alpha value is -2.46. The first-order valence-corrected chi connectivity index (χ1v) is 41.7. The predicted molar refractivity (Wildman–Crippen MR) is 386 cm³/mol. The van der Waals surface area contributed by atoms with Crippen LogP contribution in [-0.2, 0) is 65.4 Å². The Bertz CT molecular complexity index is 1950. The van der Waals surface area contributed by atoms with E-state index in [1.165, 1.54) is 154 Å². The minimum absolute atomic E-state index is 0.0838. The Labute approximate surface area is 580 Å². The molecular formula is C76H144O17P2. The van der Waals surface area contributed by atoms with Crippen molar-refractivity contribution in [3.63, 3.8) is 0 Å². The highest BCUT2D eigenvalue weighted by Gasteiger charge is 2.30. The van der Waals surface area contributed by atoms with Gasteiger partial charge in [-0.15, -0.1) is 0 Å². The molecular weight excluding hydrogens is 1250 g/mol. The molecule has 0 aliphatic carbocycles. The van der Waals surface area contributed by atoms with Crippen LogP contribution in [0.2, 0.25) is 0 Å². The Morgan fingerprint density at radius 2 is 0.621 bits per heavy atom. The van der Waals surface area contributed by atoms with E-state index in [0.29, 0.717) is 25.7 Å². The zero-order valence-corrected chi connectivity index (χ0v) is 63.4. The van der Waals surface area contributed by atoms with Gasteiger partial charge in [-0.25, -0.2) is 9.13 Å². The molecule has 0 fully saturated rings. The Morgan fingerprint density at radius 1 is 0.347 bits per heavy atom. The summed E-state index contributed by atoms with van der Waals surface area (Å²) in [7, 11) is -9.93. The van der Waals surface area contributed by atoms with Gasteiger partial charge in [0.15, 0.2) is 12.2 Å². The normalized spacial score (nSPS) is 14.8. The van der Waals surface area contributed by atoms with Gasteiger partial charge in [-0.2, -0.15) is 0 Å². The summed E-state index contributed by atoms with van der Waals surface area (Å²) in [5.41, 5.74) is 0. The number of ether oxygens (including phenoxy) is 4. The van der Waals surface area contributed by atoms with E-state index < -0.39 is 97.5 Å². The highest BCUT2D eigenvalue weighted by atomic mass is 31.2. The molecule has 0 aromatic heterocycles. The summed E-state index contributed by atoms with van der Waals surface area (Å²) in [4.78, 5) is 72.8. The van der Waals surface area contributed by atoms with Gasteiger partial charge in [0.2, 0.25) is 0 Å². The van der Waals surface area contributed by atoms with Crippen LogP contribution in [0.25, 0.3) is 0 Å². The largest absolute Gasteiger partial charge is 0.472 e. The maximum atomic E-state index is 13.1. The van der Waals surface area contributed by atoms with Crippen LogP contribution in [0.4, 0.5) is 0 Å². The van der Waals surface area contributed by atoms with Gasteiger partial charge in [0, 0.05) is 25.7 Å². The zero-order chi connectivity index (χ0) is 70.1. The molecule has 19 heteroatoms. The van der Waals surface area contributed by atoms with E-state index in [2.05, 4.69) is 72.8 Å². The number of aliphatic hydroxyl groups excluding tert-OH is 1. The summed E-state index contributed by atoms with van der Waals surface area (Å²) in [5, 5.41) is 10.6. The minimum atomic E-state index is -4.96. The molecule has 0 saturated carbocycles. The predicted octanol–water partition coefficient (Wildman–Crippen LogP) is 21.7. The fourth-order valence-electron chi connectivity index (χ4n) is 11.0. The highest BCUT2D eigenvalue weighted by Crippen LogP contribution is 2.45. The highest BCUT2D eigenvalue weighted by molar-refractivity contribution is 7.47. The van der Waals surface area contributed by atoms with E-state index in [0.717, 1.165) is 127 Å². The molecule has 3 N–H and O–H groups in total. The SMILES string of the molecule is CCCCCC/C=C\C=C/CCCCCCCC(=O)O[C@H](COC(=O)CCCCCCCCC(C)CC)COP(=O)(O)OC[C@H](O)COP(=O)(O)OC[C@@H](COC(=O)CCCCCCCCCCCCC(C)CC)OC(=O)CCCCCCCCCCCCCCCC(C)C. The van der Waals surface area contributed by atoms with Crippen molar-refractivity contribution in [1.82, 2.24) is 0 Å². The van der Waals surface area contributed by atoms with E-state index in [9.17, 15) is 43.2 Å². The fourth-order valence-corrected chi connectivity index (χ4v) is 12.6. The van der Waals surface area contributed by atoms with E-state index in [4.69, 9.17) is 37.0 Å². The van der Waals surface area contributed by atoms with Crippen LogP contribution in [0.5, 0.6) is 0 Å². The third-order valence-corrected chi connectivity index (χ3v) is 19.6. The molecule has 560 valence electrons. The van der Waals surface area contributed by atoms with Crippen LogP contribution in [0.15, 0.2) is 24.3 Å². The smallest absolute Gasteiger partial charge is 0.462 e. The van der Waals surface area contributed by atoms with Crippen molar-refractivity contribution in [1.29, 1.82) is 0 Å². The van der Waals surface area contributed by atoms with E-state index >= 15 is 0 Å². The van der Waals surface area contributed by atoms with Crippen molar-refractivity contribution in [2.45, 2.75) is 381 Å². The lowest BCUT2D eigenvalue weighted by molar-refractivity contribution is -0.161. The number of allylic oxidation sites excluding steroid dienone is 4. The molecule has 7 atom stereocenters. The van der Waals surface area contributed by atoms with Crippen molar-refractivity contribution in [3.05, 3.63) is 24.3 Å². The number of esters is 4. The average Bonchev–Trinajstić information content (AvgIpc) is 2.51. The summed E-state index contributed by atoms with van der Waals surface area (Å²) >= 11 is 0. The lowest BCUT2D eigenvalue weighted by Gasteiger charge is -2.21. The number of carbonyl (C=O) groups excluding carboxylic acids is 4. The van der Waals surface area contributed by atoms with E-state index in [-0.39, 0.29) is 25.7 Å². The molecule has 0 aromatic carbocycles. The molecule has 0 rings (SSSR count). The van der Waals surface area contributed by atoms with Gasteiger partial charge >= 0.3 is 39.5 Å². The van der Waals surface area contributed by atoms with Gasteiger partial charge in [0.25, 0.3) is 0 Å². The van der Waals surface area contributed by atoms with E-state index in [1.807, 2.05) is 0 Å². The second-order valence-electron chi connectivity index (χ2n) is 27.7. The Morgan fingerprint density at radius 3 is 0.937 bits per heavy atom. The maximum Gasteiger partial charge on any atom is 0.472 e. The summed E-state index contributed by atoms with van der Waals surface area (Å²) < 4.78 is 68.5. The monoisotopic (exact) mass is 1390 g/mol. The van der Waals surface area contributed by atoms with Gasteiger partial charge in [-0.1, -0.05) is 310 Å². The van der Waals surface area contributed by atoms with Crippen LogP contribution >= 0.6 is 15.6 Å². The second-order valence-corrected chi connectivity index (χ2v) is 30.6. The zero-order valence-electron chi connectivity index (χ0n) is 61.6. The van der Waals surface area contributed by atoms with E-state index in [1.54, 1.807) is 0 Å². The molecule has 95 heavy (non-hydrogen) atoms. The standard InChI is InChI=1S/C76H144O17P2/c1-8-11-12-13-14-15-16-17-18-21-24-31-36-45-52-59-76(81)93-72(64-87-74(79)58-51-44-39-38-42-49-56-69(7)10-3)66-91-95(84,85)89-62-70(77)61-88-94(82,83)90-65-71(63-86-73(78)57-50-43-35-30-27-26-29-34-41-48-55-68(6)9-2)92-75(80)60-53-46-37-32-25-22-19-20-23-28-33-40-47-54-67(4)5/h15-18,67-72,77H,8-14,19-66H2,1-7H3,(H,82,83)(H,84,85)/b16-15-,18-17-/t68?,69?,70-,71-,72-/m1/s1. The number of phosphoric acid groups is 2. The molecule has 0 saturated heterocycles. The molecule has 0 radical (unpaired) electrons. The average molecular weight is 1390 g/mol. The van der Waals surface area contributed by atoms with Crippen LogP contribution < -0.4 is 0 Å². The molecule has 0 aromatic rings. The van der Waals surface area contributed by atoms with Crippen LogP contribution in [0.3, 0.4) is 0 Å². The summed E-state index contributed by atoms with van der Waals surface area (Å²) in [5.74, 6) is 0.171. The van der Waals surface area contributed by atoms with Gasteiger partial charge in [-0.05, 0) is 69.1 Å². The number of rotatable bonds is 72. The summed E-state index contributed by atoms with van der Waals surface area (Å²) in [6, 6.07) is 0. The molecule has 0 aliphatic heterocycles. The van der Waals surface area contributed by atoms with Crippen molar-refractivity contribution >= 4 is 39.5 Å². The number of hydrogen-bond donors (Lipinski definition) is 3. The molecule has 17 nitrogen and oxygen atoms in total. The molecule has 0 bridgehead atoms. The lowest BCUT2D eigenvalue weighted by Crippen LogP contribution is -2.30. The first-order valence-electron chi connectivity index (χ1n) is 38.7. The fraction of sp³-hybridized carbons (Fsp3) is 0.895. The van der Waals surface area contributed by atoms with Crippen molar-refractivity contribution in [2.24, 2.45) is 17.8 Å². The molecule has 0 aliphatic rings. The molecule has 0 heterocycles. The number of hydrogen-bond acceptors (Lipinski definition) is 15. The lowest BCUT2D eigenvalue weighted by atomic mass is 9.99. The second kappa shape index (κ2) is 66.1. The third-order valence-electron chi connectivity index (χ3n) is 17.7. The number of unbranched alkanes of at least 4 members (excludes halogenated alkanes) is 35. The summed E-state index contributed by atoms with van der Waals surface area (Å²) in [6.45, 7) is 11.8. The molecule has 0 amide bonds. The third kappa shape index (κ3) is 67.2. The van der Waals surface area contributed by atoms with Crippen LogP contribution in [0, 0.1) is 17.8 Å². The van der Waals surface area contributed by atoms with Gasteiger partial charge < -0.3 is 33.8 Å². The molecule has 0 spiro atoms. The van der Waals surface area contributed by atoms with Gasteiger partial charge in [0.1, 0.15) is 19.3 Å². The first kappa shape index (κ1) is 92.5. The Kier molecular flexibility index (Phi) is 64.4. The topological polar surface area (TPSA) is 237 Å². The van der Waals surface area contributed by atoms with Crippen molar-refractivity contribution in [2.75, 3.05) is 39.6 Å². The van der Waals surface area contributed by atoms with Crippen LogP contribution in [0.1, 0.15) is 363 Å². The van der Waals surface area contributed by atoms with Crippen molar-refractivity contribution in [3.8, 4) is 0 Å². The number of phosphoric ester groups is 2. The summed E-state index contributed by atoms with van der Waals surface area (Å²) in [6.07, 6.45) is 54.8. The van der Waals surface area contributed by atoms with Gasteiger partial charge in [0.05, 0.1) is 26.4 Å². The quantitative estimate of drug-likeness (QED) is 0.0169. The Balaban J connectivity index is 5.30. The number of aliphatic hydroxyl groups is 1. The minimum Gasteiger partial charge on any atom is -0.462 e.